The van der Waals surface area contributed by atoms with Crippen molar-refractivity contribution in [2.24, 2.45) is 11.8 Å². The van der Waals surface area contributed by atoms with Crippen LogP contribution >= 0.6 is 0 Å². The van der Waals surface area contributed by atoms with Crippen molar-refractivity contribution in [1.82, 2.24) is 4.90 Å². The Morgan fingerprint density at radius 3 is 2.63 bits per heavy atom. The number of imide groups is 1. The van der Waals surface area contributed by atoms with Gasteiger partial charge in [-0.2, -0.15) is 0 Å². The molecule has 4 aliphatic heterocycles. The summed E-state index contributed by atoms with van der Waals surface area (Å²) in [7, 11) is 1.30. The van der Waals surface area contributed by atoms with Gasteiger partial charge in [-0.3, -0.25) is 29.4 Å². The summed E-state index contributed by atoms with van der Waals surface area (Å²) in [6.45, 7) is 4.18. The molecule has 2 aromatic rings. The van der Waals surface area contributed by atoms with Gasteiger partial charge in [0.05, 0.1) is 29.6 Å². The van der Waals surface area contributed by atoms with E-state index in [-0.39, 0.29) is 35.0 Å². The molecule has 0 aliphatic carbocycles. The normalized spacial score (nSPS) is 28.9. The van der Waals surface area contributed by atoms with Crippen LogP contribution in [0.2, 0.25) is 0 Å². The van der Waals surface area contributed by atoms with E-state index in [1.165, 1.54) is 19.2 Å². The molecule has 1 N–H and O–H groups in total. The first-order valence-corrected chi connectivity index (χ1v) is 11.6. The molecule has 3 saturated heterocycles. The fourth-order valence-electron chi connectivity index (χ4n) is 6.76. The summed E-state index contributed by atoms with van der Waals surface area (Å²) in [4.78, 5) is 55.8. The van der Waals surface area contributed by atoms with Gasteiger partial charge in [-0.05, 0) is 44.9 Å². The number of nitro groups is 1. The van der Waals surface area contributed by atoms with Crippen LogP contribution in [0.15, 0.2) is 30.3 Å². The van der Waals surface area contributed by atoms with Gasteiger partial charge in [-0.25, -0.2) is 4.90 Å². The number of carbonyl (C=O) groups is 3. The number of carbonyl (C=O) groups excluding carboxylic acids is 3. The van der Waals surface area contributed by atoms with E-state index in [0.29, 0.717) is 24.2 Å². The van der Waals surface area contributed by atoms with E-state index in [4.69, 9.17) is 4.74 Å². The minimum Gasteiger partial charge on any atom is -0.490 e. The summed E-state index contributed by atoms with van der Waals surface area (Å²) < 4.78 is 5.20. The fraction of sp³-hybridized carbons (Fsp3) is 0.400. The highest BCUT2D eigenvalue weighted by atomic mass is 16.6. The maximum absolute atomic E-state index is 14.1. The highest BCUT2D eigenvalue weighted by Gasteiger charge is 2.74. The van der Waals surface area contributed by atoms with Crippen LogP contribution in [-0.2, 0) is 19.9 Å². The SMILES string of the molecule is COc1cc(N2C(=O)C3C4CCCN4C4(C(=O)Nc5ccc(C)cc54)C3C2=O)c(C)cc1[N+](=O)[O-]. The first kappa shape index (κ1) is 21.7. The first-order valence-electron chi connectivity index (χ1n) is 11.6. The molecule has 4 heterocycles. The van der Waals surface area contributed by atoms with E-state index in [2.05, 4.69) is 10.2 Å². The van der Waals surface area contributed by atoms with E-state index >= 15 is 0 Å². The number of hydrogen-bond acceptors (Lipinski definition) is 7. The molecule has 180 valence electrons. The molecular weight excluding hydrogens is 452 g/mol. The monoisotopic (exact) mass is 476 g/mol. The quantitative estimate of drug-likeness (QED) is 0.411. The highest BCUT2D eigenvalue weighted by molar-refractivity contribution is 6.26. The molecule has 2 aromatic carbocycles. The third kappa shape index (κ3) is 2.54. The van der Waals surface area contributed by atoms with Gasteiger partial charge in [-0.15, -0.1) is 0 Å². The lowest BCUT2D eigenvalue weighted by atomic mass is 9.75. The number of anilines is 2. The average Bonchev–Trinajstić information content (AvgIpc) is 3.52. The molecule has 0 radical (unpaired) electrons. The van der Waals surface area contributed by atoms with E-state index in [9.17, 15) is 24.5 Å². The minimum atomic E-state index is -1.26. The second kappa shape index (κ2) is 7.11. The van der Waals surface area contributed by atoms with Crippen molar-refractivity contribution in [2.75, 3.05) is 23.9 Å². The van der Waals surface area contributed by atoms with E-state index in [1.54, 1.807) is 6.92 Å². The van der Waals surface area contributed by atoms with E-state index < -0.39 is 28.2 Å². The number of nitrogens with one attached hydrogen (secondary N) is 1. The third-order valence-electron chi connectivity index (χ3n) is 8.08. The van der Waals surface area contributed by atoms with Gasteiger partial charge in [0.25, 0.3) is 0 Å². The van der Waals surface area contributed by atoms with Gasteiger partial charge in [0, 0.05) is 29.4 Å². The molecule has 0 bridgehead atoms. The predicted octanol–water partition coefficient (Wildman–Crippen LogP) is 2.65. The average molecular weight is 476 g/mol. The van der Waals surface area contributed by atoms with Gasteiger partial charge in [0.2, 0.25) is 17.7 Å². The Morgan fingerprint density at radius 1 is 1.14 bits per heavy atom. The van der Waals surface area contributed by atoms with Crippen molar-refractivity contribution in [3.63, 3.8) is 0 Å². The number of nitrogens with zero attached hydrogens (tertiary/aromatic N) is 3. The standard InChI is InChI=1S/C25H24N4O6/c1-12-6-7-15-14(9-12)25(24(32)26-15)21-20(16-5-4-8-27(16)25)22(30)28(23(21)31)17-11-19(35-3)18(29(33)34)10-13(17)2/h6-7,9-11,16,20-21H,4-5,8H2,1-3H3,(H,26,32). The predicted molar refractivity (Wildman–Crippen MR) is 125 cm³/mol. The van der Waals surface area contributed by atoms with Crippen molar-refractivity contribution < 1.29 is 24.0 Å². The number of aryl methyl sites for hydroxylation is 2. The third-order valence-corrected chi connectivity index (χ3v) is 8.08. The lowest BCUT2D eigenvalue weighted by Gasteiger charge is -2.36. The Morgan fingerprint density at radius 2 is 1.91 bits per heavy atom. The Labute approximate surface area is 201 Å². The lowest BCUT2D eigenvalue weighted by Crippen LogP contribution is -2.54. The van der Waals surface area contributed by atoms with Crippen LogP contribution in [0.3, 0.4) is 0 Å². The van der Waals surface area contributed by atoms with Gasteiger partial charge < -0.3 is 10.1 Å². The number of rotatable bonds is 3. The zero-order valence-electron chi connectivity index (χ0n) is 19.5. The molecule has 3 fully saturated rings. The Kier molecular flexibility index (Phi) is 4.41. The Hall–Kier alpha value is -3.79. The van der Waals surface area contributed by atoms with Crippen molar-refractivity contribution in [2.45, 2.75) is 38.3 Å². The number of hydrogen-bond donors (Lipinski definition) is 1. The second-order valence-corrected chi connectivity index (χ2v) is 9.76. The zero-order chi connectivity index (χ0) is 24.8. The maximum Gasteiger partial charge on any atom is 0.311 e. The molecule has 10 nitrogen and oxygen atoms in total. The van der Waals surface area contributed by atoms with Crippen LogP contribution in [0.1, 0.15) is 29.5 Å². The molecule has 0 aromatic heterocycles. The van der Waals surface area contributed by atoms with E-state index in [1.807, 2.05) is 25.1 Å². The number of methoxy groups -OCH3 is 1. The number of fused-ring (bicyclic) bond motifs is 7. The zero-order valence-corrected chi connectivity index (χ0v) is 19.5. The van der Waals surface area contributed by atoms with Gasteiger partial charge in [-0.1, -0.05) is 17.7 Å². The van der Waals surface area contributed by atoms with Gasteiger partial charge in [0.15, 0.2) is 5.75 Å². The van der Waals surface area contributed by atoms with Crippen LogP contribution in [0, 0.1) is 35.8 Å². The van der Waals surface area contributed by atoms with Gasteiger partial charge in [0.1, 0.15) is 5.54 Å². The van der Waals surface area contributed by atoms with Crippen molar-refractivity contribution in [1.29, 1.82) is 0 Å². The second-order valence-electron chi connectivity index (χ2n) is 9.76. The van der Waals surface area contributed by atoms with Crippen molar-refractivity contribution in [3.8, 4) is 5.75 Å². The van der Waals surface area contributed by atoms with Crippen LogP contribution < -0.4 is 15.0 Å². The molecule has 4 aliphatic rings. The summed E-state index contributed by atoms with van der Waals surface area (Å²) in [6, 6.07) is 8.13. The Bertz CT molecular complexity index is 1360. The topological polar surface area (TPSA) is 122 Å². The first-order chi connectivity index (χ1) is 16.7. The minimum absolute atomic E-state index is 0.0370. The van der Waals surface area contributed by atoms with Gasteiger partial charge >= 0.3 is 5.69 Å². The maximum atomic E-state index is 14.1. The molecule has 6 rings (SSSR count). The van der Waals surface area contributed by atoms with E-state index in [0.717, 1.165) is 22.4 Å². The van der Waals surface area contributed by atoms with Crippen LogP contribution in [0.25, 0.3) is 0 Å². The Balaban J connectivity index is 1.54. The summed E-state index contributed by atoms with van der Waals surface area (Å²) in [5.74, 6) is -2.71. The molecule has 35 heavy (non-hydrogen) atoms. The van der Waals surface area contributed by atoms with Crippen molar-refractivity contribution in [3.05, 3.63) is 57.1 Å². The van der Waals surface area contributed by atoms with Crippen LogP contribution in [-0.4, -0.2) is 47.2 Å². The largest absolute Gasteiger partial charge is 0.490 e. The summed E-state index contributed by atoms with van der Waals surface area (Å²) in [5.41, 5.74) is 1.52. The molecule has 1 spiro atoms. The van der Waals surface area contributed by atoms with Crippen LogP contribution in [0.4, 0.5) is 17.1 Å². The number of nitro benzene ring substituents is 1. The lowest BCUT2D eigenvalue weighted by molar-refractivity contribution is -0.385. The molecule has 4 atom stereocenters. The summed E-state index contributed by atoms with van der Waals surface area (Å²) in [6.07, 6.45) is 1.54. The molecule has 0 saturated carbocycles. The fourth-order valence-corrected chi connectivity index (χ4v) is 6.76. The molecule has 4 unspecified atom stereocenters. The number of ether oxygens (including phenoxy) is 1. The highest BCUT2D eigenvalue weighted by Crippen LogP contribution is 2.61. The molecule has 10 heteroatoms. The molecular formula is C25H24N4O6. The summed E-state index contributed by atoms with van der Waals surface area (Å²) >= 11 is 0. The number of amides is 3. The van der Waals surface area contributed by atoms with Crippen molar-refractivity contribution >= 4 is 34.8 Å². The smallest absolute Gasteiger partial charge is 0.311 e. The van der Waals surface area contributed by atoms with Crippen LogP contribution in [0.5, 0.6) is 5.75 Å². The molecule has 3 amide bonds. The summed E-state index contributed by atoms with van der Waals surface area (Å²) in [5, 5.41) is 14.4. The number of benzene rings is 2.